The van der Waals surface area contributed by atoms with E-state index < -0.39 is 17.2 Å². The Morgan fingerprint density at radius 3 is 2.33 bits per heavy atom. The molecule has 0 aliphatic rings. The second kappa shape index (κ2) is 6.83. The summed E-state index contributed by atoms with van der Waals surface area (Å²) in [5.41, 5.74) is 3.23. The Bertz CT molecular complexity index is 1170. The number of fused-ring (bicyclic) bond motifs is 1. The second-order valence-electron chi connectivity index (χ2n) is 6.83. The Morgan fingerprint density at radius 2 is 1.70 bits per heavy atom. The molecule has 0 bridgehead atoms. The lowest BCUT2D eigenvalue weighted by molar-refractivity contribution is -0.116. The summed E-state index contributed by atoms with van der Waals surface area (Å²) in [5, 5.41) is 3.16. The molecule has 1 amide bonds. The van der Waals surface area contributed by atoms with E-state index in [-0.39, 0.29) is 6.54 Å². The third kappa shape index (κ3) is 3.28. The summed E-state index contributed by atoms with van der Waals surface area (Å²) in [7, 11) is 1.55. The van der Waals surface area contributed by atoms with E-state index in [0.717, 1.165) is 27.0 Å². The first-order valence-corrected chi connectivity index (χ1v) is 8.64. The van der Waals surface area contributed by atoms with E-state index in [0.29, 0.717) is 16.7 Å². The number of nitrogens with one attached hydrogen (secondary N) is 1. The number of hydrogen-bond donors (Lipinski definition) is 1. The fourth-order valence-corrected chi connectivity index (χ4v) is 3.29. The number of aromatic nitrogens is 3. The molecule has 0 aliphatic heterocycles. The fourth-order valence-electron chi connectivity index (χ4n) is 3.29. The van der Waals surface area contributed by atoms with E-state index in [9.17, 15) is 14.4 Å². The molecule has 3 rings (SSSR count). The van der Waals surface area contributed by atoms with Crippen molar-refractivity contribution >= 4 is 22.6 Å². The number of nitrogens with zero attached hydrogens (tertiary/aromatic N) is 3. The quantitative estimate of drug-likeness (QED) is 0.768. The molecule has 7 nitrogen and oxygen atoms in total. The number of amides is 1. The van der Waals surface area contributed by atoms with Crippen molar-refractivity contribution in [2.45, 2.75) is 34.2 Å². The predicted octanol–water partition coefficient (Wildman–Crippen LogP) is 1.97. The molecular formula is C20H22N4O3. The average molecular weight is 366 g/mol. The number of para-hydroxylation sites is 1. The van der Waals surface area contributed by atoms with E-state index in [4.69, 9.17) is 0 Å². The zero-order valence-corrected chi connectivity index (χ0v) is 16.1. The zero-order valence-electron chi connectivity index (χ0n) is 16.1. The maximum absolute atomic E-state index is 12.9. The van der Waals surface area contributed by atoms with Crippen molar-refractivity contribution in [1.82, 2.24) is 14.1 Å². The van der Waals surface area contributed by atoms with Gasteiger partial charge in [0.15, 0.2) is 0 Å². The molecule has 7 heteroatoms. The molecule has 2 aromatic heterocycles. The largest absolute Gasteiger partial charge is 0.332 e. The molecule has 27 heavy (non-hydrogen) atoms. The molecule has 140 valence electrons. The first kappa shape index (κ1) is 18.6. The number of hydrogen-bond acceptors (Lipinski definition) is 4. The van der Waals surface area contributed by atoms with Crippen LogP contribution in [0.1, 0.15) is 22.4 Å². The highest BCUT2D eigenvalue weighted by atomic mass is 16.2. The van der Waals surface area contributed by atoms with E-state index in [2.05, 4.69) is 10.3 Å². The standard InChI is InChI=1S/C20H22N4O3/c1-11-7-6-8-12(2)17(11)22-15(25)10-24-19(26)16-13(3)9-14(4)21-18(16)23(5)20(24)27/h6-9H,10H2,1-5H3,(H,22,25). The van der Waals surface area contributed by atoms with Crippen LogP contribution >= 0.6 is 0 Å². The first-order valence-electron chi connectivity index (χ1n) is 8.64. The van der Waals surface area contributed by atoms with Crippen molar-refractivity contribution in [3.63, 3.8) is 0 Å². The van der Waals surface area contributed by atoms with Gasteiger partial charge in [0.25, 0.3) is 5.56 Å². The van der Waals surface area contributed by atoms with Crippen LogP contribution in [0.2, 0.25) is 0 Å². The van der Waals surface area contributed by atoms with Gasteiger partial charge < -0.3 is 5.32 Å². The minimum absolute atomic E-state index is 0.328. The van der Waals surface area contributed by atoms with E-state index >= 15 is 0 Å². The van der Waals surface area contributed by atoms with E-state index in [1.807, 2.05) is 32.0 Å². The lowest BCUT2D eigenvalue weighted by Crippen LogP contribution is -2.42. The monoisotopic (exact) mass is 366 g/mol. The lowest BCUT2D eigenvalue weighted by atomic mass is 10.1. The van der Waals surface area contributed by atoms with Gasteiger partial charge in [-0.2, -0.15) is 0 Å². The SMILES string of the molecule is Cc1cc(C)c2c(=O)n(CC(=O)Nc3c(C)cccc3C)c(=O)n(C)c2n1. The summed E-state index contributed by atoms with van der Waals surface area (Å²) in [5.74, 6) is -0.427. The van der Waals surface area contributed by atoms with Crippen molar-refractivity contribution in [3.8, 4) is 0 Å². The Morgan fingerprint density at radius 1 is 1.07 bits per heavy atom. The third-order valence-corrected chi connectivity index (χ3v) is 4.67. The highest BCUT2D eigenvalue weighted by Crippen LogP contribution is 2.19. The molecule has 3 aromatic rings. The molecule has 1 N–H and O–H groups in total. The van der Waals surface area contributed by atoms with Crippen molar-refractivity contribution in [2.24, 2.45) is 7.05 Å². The molecule has 0 aliphatic carbocycles. The minimum atomic E-state index is -0.568. The van der Waals surface area contributed by atoms with E-state index in [1.165, 1.54) is 4.57 Å². The fraction of sp³-hybridized carbons (Fsp3) is 0.300. The van der Waals surface area contributed by atoms with Gasteiger partial charge in [-0.25, -0.2) is 9.78 Å². The average Bonchev–Trinajstić information content (AvgIpc) is 2.59. The normalized spacial score (nSPS) is 11.0. The van der Waals surface area contributed by atoms with Crippen LogP contribution in [0.15, 0.2) is 33.9 Å². The van der Waals surface area contributed by atoms with Crippen LogP contribution in [0.25, 0.3) is 11.0 Å². The molecule has 2 heterocycles. The number of carbonyl (C=O) groups is 1. The van der Waals surface area contributed by atoms with Crippen molar-refractivity contribution in [1.29, 1.82) is 0 Å². The van der Waals surface area contributed by atoms with Gasteiger partial charge >= 0.3 is 5.69 Å². The van der Waals surface area contributed by atoms with Crippen molar-refractivity contribution < 1.29 is 4.79 Å². The summed E-state index contributed by atoms with van der Waals surface area (Å²) in [6, 6.07) is 7.47. The lowest BCUT2D eigenvalue weighted by Gasteiger charge is -2.14. The second-order valence-corrected chi connectivity index (χ2v) is 6.83. The van der Waals surface area contributed by atoms with Crippen LogP contribution < -0.4 is 16.6 Å². The number of pyridine rings is 1. The van der Waals surface area contributed by atoms with E-state index in [1.54, 1.807) is 27.0 Å². The first-order chi connectivity index (χ1) is 12.7. The number of benzene rings is 1. The number of anilines is 1. The summed E-state index contributed by atoms with van der Waals surface area (Å²) in [6.45, 7) is 7.02. The highest BCUT2D eigenvalue weighted by molar-refractivity contribution is 5.92. The Hall–Kier alpha value is -3.22. The summed E-state index contributed by atoms with van der Waals surface area (Å²) < 4.78 is 2.26. The van der Waals surface area contributed by atoms with Gasteiger partial charge in [0.1, 0.15) is 12.2 Å². The summed E-state index contributed by atoms with van der Waals surface area (Å²) >= 11 is 0. The summed E-state index contributed by atoms with van der Waals surface area (Å²) in [4.78, 5) is 42.4. The molecule has 0 radical (unpaired) electrons. The molecule has 0 unspecified atom stereocenters. The van der Waals surface area contributed by atoms with Crippen molar-refractivity contribution in [3.05, 3.63) is 67.5 Å². The Labute approximate surface area is 156 Å². The van der Waals surface area contributed by atoms with Crippen molar-refractivity contribution in [2.75, 3.05) is 5.32 Å². The topological polar surface area (TPSA) is 86.0 Å². The highest BCUT2D eigenvalue weighted by Gasteiger charge is 2.17. The maximum Gasteiger partial charge on any atom is 0.332 e. The van der Waals surface area contributed by atoms with Crippen LogP contribution in [0.4, 0.5) is 5.69 Å². The third-order valence-electron chi connectivity index (χ3n) is 4.67. The number of aryl methyl sites for hydroxylation is 5. The molecule has 1 aromatic carbocycles. The molecule has 0 saturated heterocycles. The van der Waals surface area contributed by atoms with Gasteiger partial charge in [-0.15, -0.1) is 0 Å². The minimum Gasteiger partial charge on any atom is -0.324 e. The maximum atomic E-state index is 12.9. The zero-order chi connectivity index (χ0) is 19.9. The Kier molecular flexibility index (Phi) is 4.70. The van der Waals surface area contributed by atoms with Gasteiger partial charge in [0.05, 0.1) is 5.39 Å². The van der Waals surface area contributed by atoms with Crippen LogP contribution in [-0.4, -0.2) is 20.0 Å². The van der Waals surface area contributed by atoms with Crippen LogP contribution in [0, 0.1) is 27.7 Å². The van der Waals surface area contributed by atoms with Gasteiger partial charge in [-0.1, -0.05) is 18.2 Å². The van der Waals surface area contributed by atoms with Gasteiger partial charge in [-0.05, 0) is 50.5 Å². The molecular weight excluding hydrogens is 344 g/mol. The van der Waals surface area contributed by atoms with Crippen LogP contribution in [0.3, 0.4) is 0 Å². The summed E-state index contributed by atoms with van der Waals surface area (Å²) in [6.07, 6.45) is 0. The smallest absolute Gasteiger partial charge is 0.324 e. The van der Waals surface area contributed by atoms with Crippen LogP contribution in [0.5, 0.6) is 0 Å². The van der Waals surface area contributed by atoms with Gasteiger partial charge in [-0.3, -0.25) is 18.7 Å². The molecule has 0 fully saturated rings. The van der Waals surface area contributed by atoms with Crippen LogP contribution in [-0.2, 0) is 18.4 Å². The van der Waals surface area contributed by atoms with Gasteiger partial charge in [0.2, 0.25) is 5.91 Å². The predicted molar refractivity (Wildman–Crippen MR) is 105 cm³/mol. The number of carbonyl (C=O) groups excluding carboxylic acids is 1. The molecule has 0 atom stereocenters. The van der Waals surface area contributed by atoms with Gasteiger partial charge in [0, 0.05) is 18.4 Å². The molecule has 0 spiro atoms. The number of rotatable bonds is 3. The Balaban J connectivity index is 2.06. The molecule has 0 saturated carbocycles.